The summed E-state index contributed by atoms with van der Waals surface area (Å²) in [5, 5.41) is 0. The summed E-state index contributed by atoms with van der Waals surface area (Å²) in [6.07, 6.45) is 1.01. The summed E-state index contributed by atoms with van der Waals surface area (Å²) in [6.45, 7) is 0.782. The van der Waals surface area contributed by atoms with Gasteiger partial charge in [-0.15, -0.1) is 9.24 Å². The number of hydrogen-bond acceptors (Lipinski definition) is 1. The molecular weight excluding hydrogens is 69.0 g/mol. The predicted octanol–water partition coefficient (Wildman–Crippen LogP) is -0.180. The average molecular weight is 77.1 g/mol. The third kappa shape index (κ3) is 2.39. The van der Waals surface area contributed by atoms with Crippen molar-refractivity contribution in [2.24, 2.45) is 5.73 Å². The normalized spacial score (nSPS) is 7.50. The van der Waals surface area contributed by atoms with E-state index >= 15 is 0 Å². The molecule has 0 rings (SSSR count). The molecule has 1 unspecified atom stereocenters. The van der Waals surface area contributed by atoms with Crippen molar-refractivity contribution < 1.29 is 0 Å². The lowest BCUT2D eigenvalue weighted by molar-refractivity contribution is 1.15. The molecule has 0 aromatic carbocycles. The molecule has 0 aliphatic carbocycles. The van der Waals surface area contributed by atoms with Gasteiger partial charge in [0.25, 0.3) is 0 Å². The van der Waals surface area contributed by atoms with E-state index in [0.29, 0.717) is 0 Å². The molecule has 0 aliphatic heterocycles. The average Bonchev–Trinajstić information content (AvgIpc) is 1.37. The van der Waals surface area contributed by atoms with Gasteiger partial charge in [-0.25, -0.2) is 0 Å². The zero-order valence-electron chi connectivity index (χ0n) is 2.57. The Kier molecular flexibility index (Phi) is 3.72. The van der Waals surface area contributed by atoms with Crippen molar-refractivity contribution in [3.05, 3.63) is 0 Å². The fourth-order valence-corrected chi connectivity index (χ4v) is 0. The van der Waals surface area contributed by atoms with Gasteiger partial charge in [-0.1, -0.05) is 0 Å². The van der Waals surface area contributed by atoms with E-state index in [0.717, 1.165) is 12.7 Å². The molecule has 0 aromatic rings. The van der Waals surface area contributed by atoms with E-state index in [2.05, 4.69) is 9.24 Å². The summed E-state index contributed by atoms with van der Waals surface area (Å²) >= 11 is 0. The summed E-state index contributed by atoms with van der Waals surface area (Å²) in [6, 6.07) is 0. The first-order valence-electron chi connectivity index (χ1n) is 1.32. The van der Waals surface area contributed by atoms with Crippen LogP contribution in [-0.4, -0.2) is 12.7 Å². The molecule has 1 nitrogen and oxygen atoms in total. The monoisotopic (exact) mass is 77.0 g/mol. The van der Waals surface area contributed by atoms with Crippen LogP contribution in [0.5, 0.6) is 0 Å². The first kappa shape index (κ1) is 4.39. The van der Waals surface area contributed by atoms with E-state index in [4.69, 9.17) is 5.73 Å². The summed E-state index contributed by atoms with van der Waals surface area (Å²) in [5.74, 6) is 0. The molecule has 2 N–H and O–H groups in total. The Balaban J connectivity index is 1.97. The topological polar surface area (TPSA) is 26.0 Å². The predicted molar refractivity (Wildman–Crippen MR) is 23.6 cm³/mol. The lowest BCUT2D eigenvalue weighted by atomic mass is 10.8. The van der Waals surface area contributed by atoms with Crippen LogP contribution >= 0.6 is 9.24 Å². The molecular formula is C2H8NP. The van der Waals surface area contributed by atoms with Gasteiger partial charge < -0.3 is 5.73 Å². The van der Waals surface area contributed by atoms with Crippen molar-refractivity contribution in [2.45, 2.75) is 0 Å². The van der Waals surface area contributed by atoms with E-state index in [1.54, 1.807) is 0 Å². The number of hydrogen-bond donors (Lipinski definition) is 1. The van der Waals surface area contributed by atoms with Crippen LogP contribution in [0.4, 0.5) is 0 Å². The van der Waals surface area contributed by atoms with Crippen molar-refractivity contribution in [2.75, 3.05) is 12.7 Å². The minimum atomic E-state index is 0.782. The molecule has 0 amide bonds. The molecule has 2 heteroatoms. The standard InChI is InChI=1S/C2H8NP/c3-1-2-4/h1-4H2. The maximum absolute atomic E-state index is 5.01. The summed E-state index contributed by atoms with van der Waals surface area (Å²) in [7, 11) is 2.53. The Bertz CT molecular complexity index is 8.00. The van der Waals surface area contributed by atoms with Crippen LogP contribution in [-0.2, 0) is 0 Å². The molecule has 0 radical (unpaired) electrons. The van der Waals surface area contributed by atoms with Gasteiger partial charge in [0.05, 0.1) is 0 Å². The lowest BCUT2D eigenvalue weighted by Crippen LogP contribution is -1.97. The Morgan fingerprint density at radius 1 is 1.75 bits per heavy atom. The van der Waals surface area contributed by atoms with Crippen molar-refractivity contribution in [3.8, 4) is 0 Å². The second-order valence-corrected chi connectivity index (χ2v) is 1.15. The van der Waals surface area contributed by atoms with E-state index in [-0.39, 0.29) is 0 Å². The van der Waals surface area contributed by atoms with Gasteiger partial charge in [-0.3, -0.25) is 0 Å². The molecule has 0 aromatic heterocycles. The van der Waals surface area contributed by atoms with Gasteiger partial charge in [0, 0.05) is 0 Å². The van der Waals surface area contributed by atoms with Gasteiger partial charge in [-0.2, -0.15) is 0 Å². The summed E-state index contributed by atoms with van der Waals surface area (Å²) in [5.41, 5.74) is 5.01. The minimum absolute atomic E-state index is 0.782. The molecule has 1 atom stereocenters. The molecule has 0 spiro atoms. The van der Waals surface area contributed by atoms with E-state index in [1.807, 2.05) is 0 Å². The first-order chi connectivity index (χ1) is 1.91. The number of rotatable bonds is 1. The van der Waals surface area contributed by atoms with Crippen LogP contribution in [0.15, 0.2) is 0 Å². The van der Waals surface area contributed by atoms with Crippen LogP contribution in [0, 0.1) is 0 Å². The fourth-order valence-electron chi connectivity index (χ4n) is 0. The Labute approximate surface area is 28.8 Å². The third-order valence-corrected chi connectivity index (χ3v) is 0.500. The highest BCUT2D eigenvalue weighted by Crippen LogP contribution is 1.68. The molecule has 0 aliphatic rings. The molecule has 4 heavy (non-hydrogen) atoms. The smallest absolute Gasteiger partial charge is 0.00426 e. The third-order valence-electron chi connectivity index (χ3n) is 0.167. The molecule has 0 bridgehead atoms. The second-order valence-electron chi connectivity index (χ2n) is 0.577. The second kappa shape index (κ2) is 3.39. The molecule has 26 valence electrons. The van der Waals surface area contributed by atoms with Crippen molar-refractivity contribution in [1.82, 2.24) is 0 Å². The Morgan fingerprint density at radius 3 is 2.00 bits per heavy atom. The van der Waals surface area contributed by atoms with Crippen LogP contribution in [0.2, 0.25) is 0 Å². The van der Waals surface area contributed by atoms with Crippen molar-refractivity contribution in [1.29, 1.82) is 0 Å². The van der Waals surface area contributed by atoms with Crippen molar-refractivity contribution in [3.63, 3.8) is 0 Å². The van der Waals surface area contributed by atoms with Gasteiger partial charge >= 0.3 is 0 Å². The van der Waals surface area contributed by atoms with Crippen LogP contribution in [0.3, 0.4) is 0 Å². The highest BCUT2D eigenvalue weighted by atomic mass is 31.0. The lowest BCUT2D eigenvalue weighted by Gasteiger charge is -1.70. The van der Waals surface area contributed by atoms with Gasteiger partial charge in [0.2, 0.25) is 0 Å². The molecule has 0 heterocycles. The minimum Gasteiger partial charge on any atom is -0.330 e. The zero-order valence-corrected chi connectivity index (χ0v) is 3.72. The Morgan fingerprint density at radius 2 is 2.00 bits per heavy atom. The maximum Gasteiger partial charge on any atom is -0.00426 e. The van der Waals surface area contributed by atoms with E-state index < -0.39 is 0 Å². The Hall–Kier alpha value is 0.390. The highest BCUT2D eigenvalue weighted by molar-refractivity contribution is 7.16. The van der Waals surface area contributed by atoms with E-state index in [1.165, 1.54) is 0 Å². The largest absolute Gasteiger partial charge is 0.330 e. The fraction of sp³-hybridized carbons (Fsp3) is 1.00. The van der Waals surface area contributed by atoms with Gasteiger partial charge in [0.1, 0.15) is 0 Å². The maximum atomic E-state index is 5.01. The van der Waals surface area contributed by atoms with Gasteiger partial charge in [-0.05, 0) is 12.7 Å². The summed E-state index contributed by atoms with van der Waals surface area (Å²) in [4.78, 5) is 0. The highest BCUT2D eigenvalue weighted by Gasteiger charge is 1.55. The quantitative estimate of drug-likeness (QED) is 0.432. The number of nitrogens with two attached hydrogens (primary N) is 1. The molecule has 0 saturated heterocycles. The van der Waals surface area contributed by atoms with Crippen LogP contribution in [0.1, 0.15) is 0 Å². The first-order valence-corrected chi connectivity index (χ1v) is 2.13. The molecule has 0 fully saturated rings. The van der Waals surface area contributed by atoms with Crippen LogP contribution < -0.4 is 5.73 Å². The van der Waals surface area contributed by atoms with Crippen molar-refractivity contribution >= 4 is 9.24 Å². The molecule has 0 saturated carbocycles. The zero-order chi connectivity index (χ0) is 3.41. The van der Waals surface area contributed by atoms with E-state index in [9.17, 15) is 0 Å². The van der Waals surface area contributed by atoms with Crippen LogP contribution in [0.25, 0.3) is 0 Å². The summed E-state index contributed by atoms with van der Waals surface area (Å²) < 4.78 is 0. The van der Waals surface area contributed by atoms with Gasteiger partial charge in [0.15, 0.2) is 0 Å². The SMILES string of the molecule is NCCP.